The number of carbonyl (C=O) groups is 1. The summed E-state index contributed by atoms with van der Waals surface area (Å²) in [5.41, 5.74) is 2.50. The summed E-state index contributed by atoms with van der Waals surface area (Å²) in [6, 6.07) is 8.84. The second-order valence-electron chi connectivity index (χ2n) is 5.68. The second kappa shape index (κ2) is 7.29. The molecule has 0 spiro atoms. The average Bonchev–Trinajstić information content (AvgIpc) is 2.36. The van der Waals surface area contributed by atoms with Gasteiger partial charge in [0.25, 0.3) is 0 Å². The van der Waals surface area contributed by atoms with Crippen molar-refractivity contribution in [3.63, 3.8) is 0 Å². The summed E-state index contributed by atoms with van der Waals surface area (Å²) < 4.78 is 0. The highest BCUT2D eigenvalue weighted by atomic mass is 16.2. The Balaban J connectivity index is 2.51. The Kier molecular flexibility index (Phi) is 6.03. The van der Waals surface area contributed by atoms with Crippen LogP contribution in [0.25, 0.3) is 0 Å². The molecule has 1 rings (SSSR count). The molecule has 0 bridgehead atoms. The number of amides is 1. The van der Waals surface area contributed by atoms with E-state index in [9.17, 15) is 4.79 Å². The number of likely N-dealkylation sites (N-methyl/N-ethyl adjacent to an activating group) is 1. The van der Waals surface area contributed by atoms with Gasteiger partial charge >= 0.3 is 0 Å². The van der Waals surface area contributed by atoms with Crippen LogP contribution in [0.4, 0.5) is 0 Å². The van der Waals surface area contributed by atoms with Crippen LogP contribution in [0.15, 0.2) is 24.3 Å². The maximum absolute atomic E-state index is 11.9. The van der Waals surface area contributed by atoms with E-state index in [0.29, 0.717) is 25.0 Å². The number of nitrogens with one attached hydrogen (secondary N) is 1. The molecule has 0 saturated heterocycles. The quantitative estimate of drug-likeness (QED) is 0.855. The van der Waals surface area contributed by atoms with Crippen molar-refractivity contribution in [2.24, 2.45) is 0 Å². The molecule has 1 N–H and O–H groups in total. The maximum Gasteiger partial charge on any atom is 0.236 e. The second-order valence-corrected chi connectivity index (χ2v) is 5.68. The molecule has 0 fully saturated rings. The topological polar surface area (TPSA) is 32.3 Å². The smallest absolute Gasteiger partial charge is 0.236 e. The molecule has 0 aliphatic rings. The normalized spacial score (nSPS) is 11.1. The number of hydrogen-bond donors (Lipinski definition) is 1. The van der Waals surface area contributed by atoms with Gasteiger partial charge in [0, 0.05) is 19.6 Å². The molecule has 0 aromatic heterocycles. The van der Waals surface area contributed by atoms with Crippen LogP contribution in [-0.2, 0) is 11.3 Å². The highest BCUT2D eigenvalue weighted by Gasteiger charge is 2.09. The Morgan fingerprint density at radius 1 is 1.16 bits per heavy atom. The fourth-order valence-electron chi connectivity index (χ4n) is 1.80. The van der Waals surface area contributed by atoms with E-state index in [0.717, 1.165) is 0 Å². The number of rotatable bonds is 6. The minimum absolute atomic E-state index is 0.127. The van der Waals surface area contributed by atoms with Crippen molar-refractivity contribution in [1.29, 1.82) is 0 Å². The first kappa shape index (κ1) is 15.7. The summed E-state index contributed by atoms with van der Waals surface area (Å²) in [6.45, 7) is 9.51. The maximum atomic E-state index is 11.9. The first-order chi connectivity index (χ1) is 8.90. The van der Waals surface area contributed by atoms with Crippen LogP contribution in [0, 0.1) is 0 Å². The van der Waals surface area contributed by atoms with Crippen molar-refractivity contribution in [2.45, 2.75) is 46.2 Å². The number of benzene rings is 1. The fourth-order valence-corrected chi connectivity index (χ4v) is 1.80. The van der Waals surface area contributed by atoms with Crippen LogP contribution in [0.1, 0.15) is 44.7 Å². The van der Waals surface area contributed by atoms with Crippen LogP contribution < -0.4 is 5.32 Å². The summed E-state index contributed by atoms with van der Waals surface area (Å²) in [4.78, 5) is 13.7. The molecule has 1 amide bonds. The SMILES string of the molecule is CC(C)NCC(=O)N(C)Cc1ccc(C(C)C)cc1. The van der Waals surface area contributed by atoms with Crippen LogP contribution in [-0.4, -0.2) is 30.4 Å². The molecule has 0 aliphatic heterocycles. The predicted molar refractivity (Wildman–Crippen MR) is 80.1 cm³/mol. The molecule has 0 aliphatic carbocycles. The molecule has 0 unspecified atom stereocenters. The van der Waals surface area contributed by atoms with Crippen molar-refractivity contribution in [3.8, 4) is 0 Å². The molecule has 0 radical (unpaired) electrons. The van der Waals surface area contributed by atoms with Gasteiger partial charge in [-0.25, -0.2) is 0 Å². The molecule has 0 saturated carbocycles. The Bertz CT molecular complexity index is 396. The van der Waals surface area contributed by atoms with E-state index >= 15 is 0 Å². The Morgan fingerprint density at radius 3 is 2.21 bits per heavy atom. The van der Waals surface area contributed by atoms with Crippen molar-refractivity contribution in [1.82, 2.24) is 10.2 Å². The van der Waals surface area contributed by atoms with E-state index in [4.69, 9.17) is 0 Å². The van der Waals surface area contributed by atoms with Crippen molar-refractivity contribution < 1.29 is 4.79 Å². The lowest BCUT2D eigenvalue weighted by molar-refractivity contribution is -0.129. The van der Waals surface area contributed by atoms with Gasteiger partial charge in [-0.05, 0) is 17.0 Å². The first-order valence-corrected chi connectivity index (χ1v) is 6.96. The molecule has 0 atom stereocenters. The third kappa shape index (κ3) is 5.43. The molecule has 3 nitrogen and oxygen atoms in total. The molecule has 1 aromatic carbocycles. The Hall–Kier alpha value is -1.35. The van der Waals surface area contributed by atoms with Crippen LogP contribution in [0.3, 0.4) is 0 Å². The average molecular weight is 262 g/mol. The lowest BCUT2D eigenvalue weighted by Gasteiger charge is -2.19. The summed E-state index contributed by atoms with van der Waals surface area (Å²) in [6.07, 6.45) is 0. The van der Waals surface area contributed by atoms with E-state index in [2.05, 4.69) is 43.4 Å². The van der Waals surface area contributed by atoms with Gasteiger partial charge < -0.3 is 10.2 Å². The number of carbonyl (C=O) groups excluding carboxylic acids is 1. The van der Waals surface area contributed by atoms with Gasteiger partial charge in [-0.1, -0.05) is 52.0 Å². The molecule has 1 aromatic rings. The van der Waals surface area contributed by atoms with Crippen molar-refractivity contribution in [2.75, 3.05) is 13.6 Å². The Labute approximate surface area is 117 Å². The number of hydrogen-bond acceptors (Lipinski definition) is 2. The van der Waals surface area contributed by atoms with Gasteiger partial charge in [-0.15, -0.1) is 0 Å². The van der Waals surface area contributed by atoms with Crippen molar-refractivity contribution >= 4 is 5.91 Å². The monoisotopic (exact) mass is 262 g/mol. The summed E-state index contributed by atoms with van der Waals surface area (Å²) >= 11 is 0. The lowest BCUT2D eigenvalue weighted by Crippen LogP contribution is -2.37. The van der Waals surface area contributed by atoms with Crippen LogP contribution in [0.5, 0.6) is 0 Å². The van der Waals surface area contributed by atoms with Gasteiger partial charge in [0.15, 0.2) is 0 Å². The Morgan fingerprint density at radius 2 is 1.74 bits per heavy atom. The van der Waals surface area contributed by atoms with Crippen LogP contribution >= 0.6 is 0 Å². The zero-order chi connectivity index (χ0) is 14.4. The molecular weight excluding hydrogens is 236 g/mol. The van der Waals surface area contributed by atoms with E-state index in [1.807, 2.05) is 20.9 Å². The molecule has 106 valence electrons. The largest absolute Gasteiger partial charge is 0.340 e. The molecule has 19 heavy (non-hydrogen) atoms. The summed E-state index contributed by atoms with van der Waals surface area (Å²) in [7, 11) is 1.85. The highest BCUT2D eigenvalue weighted by molar-refractivity contribution is 5.78. The zero-order valence-corrected chi connectivity index (χ0v) is 12.7. The van der Waals surface area contributed by atoms with E-state index in [1.165, 1.54) is 11.1 Å². The summed E-state index contributed by atoms with van der Waals surface area (Å²) in [5, 5.41) is 3.14. The zero-order valence-electron chi connectivity index (χ0n) is 12.7. The standard InChI is InChI=1S/C16H26N2O/c1-12(2)15-8-6-14(7-9-15)11-18(5)16(19)10-17-13(3)4/h6-9,12-13,17H,10-11H2,1-5H3. The van der Waals surface area contributed by atoms with E-state index in [-0.39, 0.29) is 5.91 Å². The third-order valence-corrected chi connectivity index (χ3v) is 3.15. The van der Waals surface area contributed by atoms with Crippen LogP contribution in [0.2, 0.25) is 0 Å². The fraction of sp³-hybridized carbons (Fsp3) is 0.562. The summed E-state index contributed by atoms with van der Waals surface area (Å²) in [5.74, 6) is 0.672. The van der Waals surface area contributed by atoms with Gasteiger partial charge in [-0.3, -0.25) is 4.79 Å². The van der Waals surface area contributed by atoms with Crippen molar-refractivity contribution in [3.05, 3.63) is 35.4 Å². The van der Waals surface area contributed by atoms with Gasteiger partial charge in [0.05, 0.1) is 6.54 Å². The lowest BCUT2D eigenvalue weighted by atomic mass is 10.0. The van der Waals surface area contributed by atoms with E-state index < -0.39 is 0 Å². The third-order valence-electron chi connectivity index (χ3n) is 3.15. The highest BCUT2D eigenvalue weighted by Crippen LogP contribution is 2.15. The molecule has 0 heterocycles. The van der Waals surface area contributed by atoms with E-state index in [1.54, 1.807) is 4.90 Å². The minimum atomic E-state index is 0.127. The predicted octanol–water partition coefficient (Wildman–Crippen LogP) is 2.77. The van der Waals surface area contributed by atoms with Gasteiger partial charge in [-0.2, -0.15) is 0 Å². The number of nitrogens with zero attached hydrogens (tertiary/aromatic N) is 1. The minimum Gasteiger partial charge on any atom is -0.340 e. The van der Waals surface area contributed by atoms with Gasteiger partial charge in [0.1, 0.15) is 0 Å². The van der Waals surface area contributed by atoms with Gasteiger partial charge in [0.2, 0.25) is 5.91 Å². The molecule has 3 heteroatoms. The molecular formula is C16H26N2O. The first-order valence-electron chi connectivity index (χ1n) is 6.96.